The van der Waals surface area contributed by atoms with E-state index in [1.165, 1.54) is 6.07 Å². The normalized spacial score (nSPS) is 10.7. The van der Waals surface area contributed by atoms with Gasteiger partial charge in [0.1, 0.15) is 0 Å². The summed E-state index contributed by atoms with van der Waals surface area (Å²) in [4.78, 5) is 4.00. The molecule has 0 atom stereocenters. The Morgan fingerprint density at radius 3 is 2.94 bits per heavy atom. The number of aromatic nitrogens is 2. The summed E-state index contributed by atoms with van der Waals surface area (Å²) in [6.07, 6.45) is 0. The predicted molar refractivity (Wildman–Crippen MR) is 57.6 cm³/mol. The first-order valence-electron chi connectivity index (χ1n) is 5.13. The van der Waals surface area contributed by atoms with Crippen LogP contribution < -0.4 is 5.32 Å². The molecule has 1 aromatic carbocycles. The lowest BCUT2D eigenvalue weighted by atomic mass is 10.2. The Morgan fingerprint density at radius 2 is 2.24 bits per heavy atom. The van der Waals surface area contributed by atoms with Crippen LogP contribution in [0.1, 0.15) is 17.3 Å². The maximum Gasteiger partial charge on any atom is 0.240 e. The van der Waals surface area contributed by atoms with E-state index in [0.29, 0.717) is 30.4 Å². The molecule has 6 heteroatoms. The molecular formula is C11H12FN3O2. The Balaban J connectivity index is 1.92. The topological polar surface area (TPSA) is 71.2 Å². The van der Waals surface area contributed by atoms with Gasteiger partial charge in [0.2, 0.25) is 5.89 Å². The lowest BCUT2D eigenvalue weighted by molar-refractivity contribution is 0.362. The van der Waals surface area contributed by atoms with Gasteiger partial charge in [-0.05, 0) is 13.0 Å². The fourth-order valence-corrected chi connectivity index (χ4v) is 1.42. The van der Waals surface area contributed by atoms with Crippen molar-refractivity contribution in [2.75, 3.05) is 0 Å². The van der Waals surface area contributed by atoms with Gasteiger partial charge in [-0.3, -0.25) is 0 Å². The van der Waals surface area contributed by atoms with Crippen molar-refractivity contribution in [1.82, 2.24) is 15.5 Å². The van der Waals surface area contributed by atoms with Crippen LogP contribution in [0.5, 0.6) is 5.75 Å². The summed E-state index contributed by atoms with van der Waals surface area (Å²) in [5.41, 5.74) is 0.487. The van der Waals surface area contributed by atoms with E-state index in [4.69, 9.17) is 4.52 Å². The van der Waals surface area contributed by atoms with Crippen molar-refractivity contribution in [1.29, 1.82) is 0 Å². The second kappa shape index (κ2) is 4.92. The molecular weight excluding hydrogens is 225 g/mol. The van der Waals surface area contributed by atoms with Crippen LogP contribution in [-0.4, -0.2) is 15.2 Å². The number of nitrogens with zero attached hydrogens (tertiary/aromatic N) is 2. The van der Waals surface area contributed by atoms with Gasteiger partial charge in [0.25, 0.3) is 0 Å². The number of rotatable bonds is 4. The molecule has 2 N–H and O–H groups in total. The SMILES string of the molecule is Cc1noc(CNCc2cccc(F)c2O)n1. The Hall–Kier alpha value is -1.95. The average Bonchev–Trinajstić information content (AvgIpc) is 2.70. The third-order valence-corrected chi connectivity index (χ3v) is 2.23. The van der Waals surface area contributed by atoms with Crippen LogP contribution in [0.4, 0.5) is 4.39 Å². The highest BCUT2D eigenvalue weighted by molar-refractivity contribution is 5.33. The zero-order valence-corrected chi connectivity index (χ0v) is 9.27. The van der Waals surface area contributed by atoms with Gasteiger partial charge in [0, 0.05) is 12.1 Å². The first-order chi connectivity index (χ1) is 8.16. The van der Waals surface area contributed by atoms with Crippen LogP contribution in [0.2, 0.25) is 0 Å². The quantitative estimate of drug-likeness (QED) is 0.843. The summed E-state index contributed by atoms with van der Waals surface area (Å²) in [5.74, 6) is 0.0634. The first-order valence-corrected chi connectivity index (χ1v) is 5.13. The van der Waals surface area contributed by atoms with Crippen LogP contribution in [0.3, 0.4) is 0 Å². The van der Waals surface area contributed by atoms with Crippen molar-refractivity contribution in [3.8, 4) is 5.75 Å². The molecule has 0 unspecified atom stereocenters. The molecule has 0 radical (unpaired) electrons. The van der Waals surface area contributed by atoms with Gasteiger partial charge >= 0.3 is 0 Å². The van der Waals surface area contributed by atoms with E-state index in [2.05, 4.69) is 15.5 Å². The Kier molecular flexibility index (Phi) is 3.34. The largest absolute Gasteiger partial charge is 0.505 e. The lowest BCUT2D eigenvalue weighted by Crippen LogP contribution is -2.13. The summed E-state index contributed by atoms with van der Waals surface area (Å²) in [5, 5.41) is 16.0. The van der Waals surface area contributed by atoms with Crippen LogP contribution in [0.15, 0.2) is 22.7 Å². The van der Waals surface area contributed by atoms with Crippen LogP contribution in [0.25, 0.3) is 0 Å². The van der Waals surface area contributed by atoms with Crippen LogP contribution in [-0.2, 0) is 13.1 Å². The van der Waals surface area contributed by atoms with Gasteiger partial charge in [-0.25, -0.2) is 4.39 Å². The zero-order chi connectivity index (χ0) is 12.3. The van der Waals surface area contributed by atoms with Crippen LogP contribution >= 0.6 is 0 Å². The Morgan fingerprint density at radius 1 is 1.41 bits per heavy atom. The monoisotopic (exact) mass is 237 g/mol. The minimum Gasteiger partial charge on any atom is -0.505 e. The minimum atomic E-state index is -0.627. The fourth-order valence-electron chi connectivity index (χ4n) is 1.42. The number of benzene rings is 1. The van der Waals surface area contributed by atoms with E-state index in [-0.39, 0.29) is 5.75 Å². The maximum absolute atomic E-state index is 13.0. The summed E-state index contributed by atoms with van der Waals surface area (Å²) >= 11 is 0. The third kappa shape index (κ3) is 2.79. The van der Waals surface area contributed by atoms with Crippen molar-refractivity contribution in [2.45, 2.75) is 20.0 Å². The number of hydrogen-bond acceptors (Lipinski definition) is 5. The zero-order valence-electron chi connectivity index (χ0n) is 9.27. The molecule has 0 saturated carbocycles. The second-order valence-corrected chi connectivity index (χ2v) is 3.59. The van der Waals surface area contributed by atoms with E-state index in [1.807, 2.05) is 0 Å². The lowest BCUT2D eigenvalue weighted by Gasteiger charge is -2.05. The molecule has 0 aliphatic carbocycles. The van der Waals surface area contributed by atoms with E-state index in [1.54, 1.807) is 19.1 Å². The number of nitrogens with one attached hydrogen (secondary N) is 1. The number of phenolic OH excluding ortho intramolecular Hbond substituents is 1. The molecule has 2 rings (SSSR count). The van der Waals surface area contributed by atoms with E-state index in [9.17, 15) is 9.50 Å². The number of aromatic hydroxyl groups is 1. The molecule has 0 bridgehead atoms. The van der Waals surface area contributed by atoms with E-state index >= 15 is 0 Å². The number of para-hydroxylation sites is 1. The molecule has 0 aliphatic heterocycles. The standard InChI is InChI=1S/C11H12FN3O2/c1-7-14-10(17-15-7)6-13-5-8-3-2-4-9(12)11(8)16/h2-4,13,16H,5-6H2,1H3. The Bertz CT molecular complexity index is 513. The molecule has 17 heavy (non-hydrogen) atoms. The number of aryl methyl sites for hydroxylation is 1. The molecule has 0 fully saturated rings. The molecule has 5 nitrogen and oxygen atoms in total. The smallest absolute Gasteiger partial charge is 0.240 e. The van der Waals surface area contributed by atoms with Gasteiger partial charge in [0.05, 0.1) is 6.54 Å². The minimum absolute atomic E-state index is 0.324. The summed E-state index contributed by atoms with van der Waals surface area (Å²) in [6.45, 7) is 2.42. The number of phenols is 1. The first kappa shape index (κ1) is 11.5. The van der Waals surface area contributed by atoms with Crippen LogP contribution in [0, 0.1) is 12.7 Å². The molecule has 0 spiro atoms. The number of hydrogen-bond donors (Lipinski definition) is 2. The molecule has 2 aromatic rings. The summed E-state index contributed by atoms with van der Waals surface area (Å²) < 4.78 is 17.9. The van der Waals surface area contributed by atoms with Gasteiger partial charge < -0.3 is 14.9 Å². The number of halogens is 1. The van der Waals surface area contributed by atoms with Gasteiger partial charge in [-0.15, -0.1) is 0 Å². The van der Waals surface area contributed by atoms with Crippen molar-refractivity contribution in [3.05, 3.63) is 41.3 Å². The van der Waals surface area contributed by atoms with Crippen molar-refractivity contribution < 1.29 is 14.0 Å². The Labute approximate surface area is 97.3 Å². The van der Waals surface area contributed by atoms with Crippen molar-refractivity contribution >= 4 is 0 Å². The molecule has 1 aromatic heterocycles. The maximum atomic E-state index is 13.0. The molecule has 1 heterocycles. The van der Waals surface area contributed by atoms with Gasteiger partial charge in [0.15, 0.2) is 17.4 Å². The molecule has 90 valence electrons. The average molecular weight is 237 g/mol. The van der Waals surface area contributed by atoms with Gasteiger partial charge in [-0.2, -0.15) is 4.98 Å². The van der Waals surface area contributed by atoms with E-state index in [0.717, 1.165) is 0 Å². The summed E-state index contributed by atoms with van der Waals surface area (Å²) in [6, 6.07) is 4.40. The third-order valence-electron chi connectivity index (χ3n) is 2.23. The van der Waals surface area contributed by atoms with E-state index < -0.39 is 5.82 Å². The predicted octanol–water partition coefficient (Wildman–Crippen LogP) is 1.51. The van der Waals surface area contributed by atoms with Crippen molar-refractivity contribution in [3.63, 3.8) is 0 Å². The highest BCUT2D eigenvalue weighted by atomic mass is 19.1. The highest BCUT2D eigenvalue weighted by Gasteiger charge is 2.07. The molecule has 0 saturated heterocycles. The van der Waals surface area contributed by atoms with Crippen molar-refractivity contribution in [2.24, 2.45) is 0 Å². The summed E-state index contributed by atoms with van der Waals surface area (Å²) in [7, 11) is 0. The molecule has 0 aliphatic rings. The highest BCUT2D eigenvalue weighted by Crippen LogP contribution is 2.20. The molecule has 0 amide bonds. The van der Waals surface area contributed by atoms with Gasteiger partial charge in [-0.1, -0.05) is 17.3 Å². The second-order valence-electron chi connectivity index (χ2n) is 3.59. The fraction of sp³-hybridized carbons (Fsp3) is 0.273.